The van der Waals surface area contributed by atoms with Crippen molar-refractivity contribution in [1.82, 2.24) is 14.8 Å². The number of carbonyl (C=O) groups is 1. The summed E-state index contributed by atoms with van der Waals surface area (Å²) in [4.78, 5) is 21.2. The number of pyridine rings is 1. The van der Waals surface area contributed by atoms with E-state index < -0.39 is 0 Å². The third kappa shape index (κ3) is 2.44. The van der Waals surface area contributed by atoms with E-state index >= 15 is 0 Å². The van der Waals surface area contributed by atoms with E-state index in [-0.39, 0.29) is 11.4 Å². The van der Waals surface area contributed by atoms with Crippen LogP contribution < -0.4 is 0 Å². The van der Waals surface area contributed by atoms with Crippen LogP contribution in [0, 0.1) is 0 Å². The fourth-order valence-corrected chi connectivity index (χ4v) is 3.70. The standard InChI is InChI=1S/C16H23N3O/c1-18-10-3-2-7-16(18)8-5-11-19(13-16)15(20)14-6-4-9-17-12-14/h4,6,9,12H,2-3,5,7-8,10-11,13H2,1H3/t16-/m1/s1. The van der Waals surface area contributed by atoms with Gasteiger partial charge in [-0.2, -0.15) is 0 Å². The van der Waals surface area contributed by atoms with Crippen LogP contribution >= 0.6 is 0 Å². The van der Waals surface area contributed by atoms with Gasteiger partial charge in [-0.25, -0.2) is 0 Å². The van der Waals surface area contributed by atoms with Crippen LogP contribution in [0.5, 0.6) is 0 Å². The molecule has 0 radical (unpaired) electrons. The van der Waals surface area contributed by atoms with Gasteiger partial charge in [0.15, 0.2) is 0 Å². The summed E-state index contributed by atoms with van der Waals surface area (Å²) in [5.74, 6) is 0.135. The Kier molecular flexibility index (Phi) is 3.74. The Bertz CT molecular complexity index is 472. The molecule has 1 atom stereocenters. The fourth-order valence-electron chi connectivity index (χ4n) is 3.70. The molecule has 4 nitrogen and oxygen atoms in total. The molecule has 20 heavy (non-hydrogen) atoms. The lowest BCUT2D eigenvalue weighted by Crippen LogP contribution is -2.60. The van der Waals surface area contributed by atoms with Gasteiger partial charge in [0.05, 0.1) is 5.56 Å². The lowest BCUT2D eigenvalue weighted by atomic mass is 9.80. The molecular weight excluding hydrogens is 250 g/mol. The number of nitrogens with zero attached hydrogens (tertiary/aromatic N) is 3. The predicted octanol–water partition coefficient (Wildman–Crippen LogP) is 2.17. The number of aromatic nitrogens is 1. The Morgan fingerprint density at radius 2 is 2.10 bits per heavy atom. The molecule has 1 spiro atoms. The number of hydrogen-bond donors (Lipinski definition) is 0. The molecule has 2 aliphatic heterocycles. The van der Waals surface area contributed by atoms with Crippen LogP contribution in [0.3, 0.4) is 0 Å². The topological polar surface area (TPSA) is 36.4 Å². The second-order valence-electron chi connectivity index (χ2n) is 6.17. The monoisotopic (exact) mass is 273 g/mol. The van der Waals surface area contributed by atoms with Crippen LogP contribution in [-0.4, -0.2) is 52.9 Å². The minimum absolute atomic E-state index is 0.135. The lowest BCUT2D eigenvalue weighted by Gasteiger charge is -2.51. The first-order chi connectivity index (χ1) is 9.71. The van der Waals surface area contributed by atoms with Crippen molar-refractivity contribution in [3.8, 4) is 0 Å². The van der Waals surface area contributed by atoms with Crippen molar-refractivity contribution < 1.29 is 4.79 Å². The molecule has 0 saturated carbocycles. The molecule has 0 aliphatic carbocycles. The molecule has 2 aliphatic rings. The van der Waals surface area contributed by atoms with Crippen molar-refractivity contribution >= 4 is 5.91 Å². The highest BCUT2D eigenvalue weighted by Gasteiger charge is 2.41. The van der Waals surface area contributed by atoms with Crippen molar-refractivity contribution in [3.05, 3.63) is 30.1 Å². The SMILES string of the molecule is CN1CCCC[C@]12CCCN(C(=O)c1cccnc1)C2. The average molecular weight is 273 g/mol. The molecule has 2 saturated heterocycles. The zero-order valence-corrected chi connectivity index (χ0v) is 12.2. The van der Waals surface area contributed by atoms with E-state index in [0.29, 0.717) is 5.56 Å². The summed E-state index contributed by atoms with van der Waals surface area (Å²) < 4.78 is 0. The number of rotatable bonds is 1. The highest BCUT2D eigenvalue weighted by Crippen LogP contribution is 2.35. The first-order valence-electron chi connectivity index (χ1n) is 7.62. The molecule has 0 N–H and O–H groups in total. The van der Waals surface area contributed by atoms with Gasteiger partial charge in [0, 0.05) is 31.0 Å². The maximum atomic E-state index is 12.6. The highest BCUT2D eigenvalue weighted by atomic mass is 16.2. The van der Waals surface area contributed by atoms with Crippen molar-refractivity contribution in [2.75, 3.05) is 26.7 Å². The molecule has 0 aromatic carbocycles. The summed E-state index contributed by atoms with van der Waals surface area (Å²) in [6.07, 6.45) is 9.52. The Balaban J connectivity index is 1.76. The number of likely N-dealkylation sites (tertiary alicyclic amines) is 2. The highest BCUT2D eigenvalue weighted by molar-refractivity contribution is 5.94. The Morgan fingerprint density at radius 1 is 1.25 bits per heavy atom. The summed E-state index contributed by atoms with van der Waals surface area (Å²) in [6.45, 7) is 2.91. The van der Waals surface area contributed by atoms with Gasteiger partial charge in [-0.15, -0.1) is 0 Å². The fraction of sp³-hybridized carbons (Fsp3) is 0.625. The summed E-state index contributed by atoms with van der Waals surface area (Å²) >= 11 is 0. The quantitative estimate of drug-likeness (QED) is 0.787. The van der Waals surface area contributed by atoms with Gasteiger partial charge in [0.25, 0.3) is 5.91 Å². The second kappa shape index (κ2) is 5.52. The number of hydrogen-bond acceptors (Lipinski definition) is 3. The van der Waals surface area contributed by atoms with Crippen molar-refractivity contribution in [3.63, 3.8) is 0 Å². The Hall–Kier alpha value is -1.42. The molecule has 1 aromatic heterocycles. The van der Waals surface area contributed by atoms with E-state index in [9.17, 15) is 4.79 Å². The van der Waals surface area contributed by atoms with E-state index in [1.54, 1.807) is 12.4 Å². The van der Waals surface area contributed by atoms with Gasteiger partial charge < -0.3 is 4.90 Å². The molecule has 3 rings (SSSR count). The summed E-state index contributed by atoms with van der Waals surface area (Å²) in [5.41, 5.74) is 0.928. The van der Waals surface area contributed by atoms with E-state index in [1.165, 1.54) is 25.7 Å². The van der Waals surface area contributed by atoms with Crippen molar-refractivity contribution in [1.29, 1.82) is 0 Å². The van der Waals surface area contributed by atoms with Crippen LogP contribution in [0.4, 0.5) is 0 Å². The summed E-state index contributed by atoms with van der Waals surface area (Å²) in [6, 6.07) is 3.70. The van der Waals surface area contributed by atoms with Gasteiger partial charge >= 0.3 is 0 Å². The van der Waals surface area contributed by atoms with Crippen LogP contribution in [0.2, 0.25) is 0 Å². The molecule has 3 heterocycles. The van der Waals surface area contributed by atoms with Crippen molar-refractivity contribution in [2.24, 2.45) is 0 Å². The van der Waals surface area contributed by atoms with Crippen LogP contribution in [0.1, 0.15) is 42.5 Å². The van der Waals surface area contributed by atoms with E-state index in [0.717, 1.165) is 26.1 Å². The number of piperidine rings is 2. The smallest absolute Gasteiger partial charge is 0.255 e. The molecular formula is C16H23N3O. The molecule has 4 heteroatoms. The molecule has 1 amide bonds. The summed E-state index contributed by atoms with van der Waals surface area (Å²) in [7, 11) is 2.22. The normalized spacial score (nSPS) is 27.8. The predicted molar refractivity (Wildman–Crippen MR) is 78.6 cm³/mol. The zero-order chi connectivity index (χ0) is 14.0. The molecule has 0 unspecified atom stereocenters. The van der Waals surface area contributed by atoms with Gasteiger partial charge in [-0.05, 0) is 51.4 Å². The number of carbonyl (C=O) groups excluding carboxylic acids is 1. The number of amides is 1. The van der Waals surface area contributed by atoms with Crippen LogP contribution in [0.15, 0.2) is 24.5 Å². The third-order valence-corrected chi connectivity index (χ3v) is 4.95. The first kappa shape index (κ1) is 13.6. The van der Waals surface area contributed by atoms with Gasteiger partial charge in [0.1, 0.15) is 0 Å². The van der Waals surface area contributed by atoms with Crippen LogP contribution in [-0.2, 0) is 0 Å². The lowest BCUT2D eigenvalue weighted by molar-refractivity contribution is 0.00300. The number of likely N-dealkylation sites (N-methyl/N-ethyl adjacent to an activating group) is 1. The molecule has 108 valence electrons. The minimum Gasteiger partial charge on any atom is -0.337 e. The summed E-state index contributed by atoms with van der Waals surface area (Å²) in [5, 5.41) is 0. The molecule has 2 fully saturated rings. The maximum absolute atomic E-state index is 12.6. The van der Waals surface area contributed by atoms with E-state index in [1.807, 2.05) is 17.0 Å². The van der Waals surface area contributed by atoms with Gasteiger partial charge in [-0.1, -0.05) is 6.42 Å². The second-order valence-corrected chi connectivity index (χ2v) is 6.17. The Labute approximate surface area is 120 Å². The van der Waals surface area contributed by atoms with E-state index in [2.05, 4.69) is 16.9 Å². The van der Waals surface area contributed by atoms with Crippen molar-refractivity contribution in [2.45, 2.75) is 37.6 Å². The molecule has 1 aromatic rings. The largest absolute Gasteiger partial charge is 0.337 e. The minimum atomic E-state index is 0.135. The first-order valence-corrected chi connectivity index (χ1v) is 7.62. The average Bonchev–Trinajstić information content (AvgIpc) is 2.51. The Morgan fingerprint density at radius 3 is 2.85 bits per heavy atom. The zero-order valence-electron chi connectivity index (χ0n) is 12.2. The van der Waals surface area contributed by atoms with E-state index in [4.69, 9.17) is 0 Å². The third-order valence-electron chi connectivity index (χ3n) is 4.95. The van der Waals surface area contributed by atoms with Gasteiger partial charge in [0.2, 0.25) is 0 Å². The maximum Gasteiger partial charge on any atom is 0.255 e. The van der Waals surface area contributed by atoms with Gasteiger partial charge in [-0.3, -0.25) is 14.7 Å². The molecule has 0 bridgehead atoms. The van der Waals surface area contributed by atoms with Crippen LogP contribution in [0.25, 0.3) is 0 Å².